The first-order valence-electron chi connectivity index (χ1n) is 6.67. The van der Waals surface area contributed by atoms with E-state index >= 15 is 0 Å². The molecule has 3 rings (SSSR count). The summed E-state index contributed by atoms with van der Waals surface area (Å²) in [7, 11) is 2.03. The summed E-state index contributed by atoms with van der Waals surface area (Å²) in [5.41, 5.74) is 4.61. The van der Waals surface area contributed by atoms with E-state index in [4.69, 9.17) is 4.74 Å². The van der Waals surface area contributed by atoms with Crippen molar-refractivity contribution in [3.8, 4) is 5.75 Å². The molecule has 1 aromatic carbocycles. The van der Waals surface area contributed by atoms with Crippen molar-refractivity contribution in [2.24, 2.45) is 0 Å². The molecule has 19 heavy (non-hydrogen) atoms. The molecule has 1 aliphatic rings. The first-order valence-corrected chi connectivity index (χ1v) is 7.55. The zero-order chi connectivity index (χ0) is 13.1. The van der Waals surface area contributed by atoms with Gasteiger partial charge in [-0.3, -0.25) is 4.98 Å². The fourth-order valence-electron chi connectivity index (χ4n) is 2.71. The van der Waals surface area contributed by atoms with E-state index in [0.717, 1.165) is 12.2 Å². The van der Waals surface area contributed by atoms with Gasteiger partial charge in [-0.1, -0.05) is 12.1 Å². The zero-order valence-electron chi connectivity index (χ0n) is 11.1. The number of ether oxygens (including phenoxy) is 1. The molecule has 1 N–H and O–H groups in total. The number of nitrogens with one attached hydrogen (secondary N) is 1. The van der Waals surface area contributed by atoms with Gasteiger partial charge in [0.25, 0.3) is 0 Å². The van der Waals surface area contributed by atoms with Gasteiger partial charge in [-0.2, -0.15) is 0 Å². The van der Waals surface area contributed by atoms with Crippen LogP contribution in [0.15, 0.2) is 29.9 Å². The lowest BCUT2D eigenvalue weighted by molar-refractivity contribution is 0.303. The minimum Gasteiger partial charge on any atom is -0.488 e. The van der Waals surface area contributed by atoms with Crippen LogP contribution >= 0.6 is 11.3 Å². The van der Waals surface area contributed by atoms with E-state index in [2.05, 4.69) is 28.5 Å². The summed E-state index contributed by atoms with van der Waals surface area (Å²) >= 11 is 1.64. The Morgan fingerprint density at radius 3 is 3.21 bits per heavy atom. The number of benzene rings is 1. The van der Waals surface area contributed by atoms with Crippen molar-refractivity contribution >= 4 is 11.3 Å². The first-order chi connectivity index (χ1) is 9.38. The van der Waals surface area contributed by atoms with E-state index in [1.807, 2.05) is 18.8 Å². The molecule has 2 aromatic rings. The van der Waals surface area contributed by atoms with E-state index in [1.54, 1.807) is 11.3 Å². The normalized spacial score (nSPS) is 18.1. The Balaban J connectivity index is 1.82. The number of hydrogen-bond acceptors (Lipinski definition) is 4. The summed E-state index contributed by atoms with van der Waals surface area (Å²) in [6, 6.07) is 6.86. The van der Waals surface area contributed by atoms with Gasteiger partial charge in [0, 0.05) is 12.2 Å². The Morgan fingerprint density at radius 1 is 1.47 bits per heavy atom. The molecule has 0 saturated carbocycles. The highest BCUT2D eigenvalue weighted by Gasteiger charge is 2.21. The van der Waals surface area contributed by atoms with Crippen molar-refractivity contribution in [1.82, 2.24) is 10.3 Å². The van der Waals surface area contributed by atoms with Gasteiger partial charge in [-0.15, -0.1) is 11.3 Å². The van der Waals surface area contributed by atoms with Crippen molar-refractivity contribution < 1.29 is 4.74 Å². The highest BCUT2D eigenvalue weighted by molar-refractivity contribution is 7.09. The van der Waals surface area contributed by atoms with E-state index in [-0.39, 0.29) is 0 Å². The fraction of sp³-hybridized carbons (Fsp3) is 0.400. The van der Waals surface area contributed by atoms with Crippen molar-refractivity contribution in [1.29, 1.82) is 0 Å². The molecule has 0 saturated heterocycles. The zero-order valence-corrected chi connectivity index (χ0v) is 11.9. The van der Waals surface area contributed by atoms with Crippen LogP contribution in [0, 0.1) is 0 Å². The minimum atomic E-state index is 0.468. The Bertz CT molecular complexity index is 539. The smallest absolute Gasteiger partial charge is 0.124 e. The molecule has 0 aliphatic heterocycles. The van der Waals surface area contributed by atoms with Gasteiger partial charge in [-0.05, 0) is 43.5 Å². The number of nitrogens with zero attached hydrogens (tertiary/aromatic N) is 1. The first kappa shape index (κ1) is 12.6. The molecule has 0 radical (unpaired) electrons. The summed E-state index contributed by atoms with van der Waals surface area (Å²) in [5.74, 6) is 1.03. The molecule has 1 unspecified atom stereocenters. The molecule has 100 valence electrons. The SMILES string of the molecule is CNC1CCCc2c(OCc3cncs3)cccc21. The molecule has 1 heterocycles. The minimum absolute atomic E-state index is 0.468. The molecule has 0 bridgehead atoms. The van der Waals surface area contributed by atoms with Crippen molar-refractivity contribution in [2.45, 2.75) is 31.9 Å². The molecular formula is C15H18N2OS. The van der Waals surface area contributed by atoms with E-state index in [9.17, 15) is 0 Å². The predicted molar refractivity (Wildman–Crippen MR) is 77.6 cm³/mol. The number of aromatic nitrogens is 1. The lowest BCUT2D eigenvalue weighted by Gasteiger charge is -2.26. The Labute approximate surface area is 117 Å². The number of fused-ring (bicyclic) bond motifs is 1. The molecule has 1 aromatic heterocycles. The summed E-state index contributed by atoms with van der Waals surface area (Å²) in [6.45, 7) is 0.616. The van der Waals surface area contributed by atoms with Gasteiger partial charge in [0.1, 0.15) is 12.4 Å². The van der Waals surface area contributed by atoms with Crippen LogP contribution in [0.1, 0.15) is 34.9 Å². The lowest BCUT2D eigenvalue weighted by Crippen LogP contribution is -2.21. The molecule has 0 amide bonds. The maximum atomic E-state index is 5.98. The van der Waals surface area contributed by atoms with Gasteiger partial charge < -0.3 is 10.1 Å². The third kappa shape index (κ3) is 2.65. The quantitative estimate of drug-likeness (QED) is 0.928. The fourth-order valence-corrected chi connectivity index (χ4v) is 3.22. The second kappa shape index (κ2) is 5.72. The van der Waals surface area contributed by atoms with Gasteiger partial charge in [0.05, 0.1) is 10.4 Å². The summed E-state index contributed by atoms with van der Waals surface area (Å²) in [6.07, 6.45) is 5.42. The topological polar surface area (TPSA) is 34.1 Å². The molecular weight excluding hydrogens is 256 g/mol. The third-order valence-electron chi connectivity index (χ3n) is 3.67. The van der Waals surface area contributed by atoms with Crippen molar-refractivity contribution in [2.75, 3.05) is 7.05 Å². The van der Waals surface area contributed by atoms with Gasteiger partial charge >= 0.3 is 0 Å². The predicted octanol–water partition coefficient (Wildman–Crippen LogP) is 3.32. The van der Waals surface area contributed by atoms with Crippen LogP contribution in [0.4, 0.5) is 0 Å². The summed E-state index contributed by atoms with van der Waals surface area (Å²) < 4.78 is 5.98. The van der Waals surface area contributed by atoms with E-state index in [0.29, 0.717) is 12.6 Å². The van der Waals surface area contributed by atoms with Crippen molar-refractivity contribution in [3.05, 3.63) is 45.9 Å². The Hall–Kier alpha value is -1.39. The second-order valence-corrected chi connectivity index (χ2v) is 5.78. The molecule has 0 spiro atoms. The second-order valence-electron chi connectivity index (χ2n) is 4.81. The molecule has 1 aliphatic carbocycles. The van der Waals surface area contributed by atoms with Crippen LogP contribution < -0.4 is 10.1 Å². The van der Waals surface area contributed by atoms with Crippen LogP contribution in [0.3, 0.4) is 0 Å². The van der Waals surface area contributed by atoms with Crippen LogP contribution in [-0.4, -0.2) is 12.0 Å². The van der Waals surface area contributed by atoms with Crippen LogP contribution in [0.5, 0.6) is 5.75 Å². The molecule has 0 fully saturated rings. The summed E-state index contributed by atoms with van der Waals surface area (Å²) in [4.78, 5) is 5.24. The van der Waals surface area contributed by atoms with E-state index in [1.165, 1.54) is 28.8 Å². The maximum Gasteiger partial charge on any atom is 0.124 e. The van der Waals surface area contributed by atoms with Crippen molar-refractivity contribution in [3.63, 3.8) is 0 Å². The molecule has 3 nitrogen and oxygen atoms in total. The number of thiazole rings is 1. The average molecular weight is 274 g/mol. The van der Waals surface area contributed by atoms with Gasteiger partial charge in [-0.25, -0.2) is 0 Å². The van der Waals surface area contributed by atoms with E-state index < -0.39 is 0 Å². The van der Waals surface area contributed by atoms with Crippen LogP contribution in [0.2, 0.25) is 0 Å². The van der Waals surface area contributed by atoms with Crippen LogP contribution in [-0.2, 0) is 13.0 Å². The number of hydrogen-bond donors (Lipinski definition) is 1. The Morgan fingerprint density at radius 2 is 2.42 bits per heavy atom. The van der Waals surface area contributed by atoms with Gasteiger partial charge in [0.2, 0.25) is 0 Å². The number of rotatable bonds is 4. The highest BCUT2D eigenvalue weighted by atomic mass is 32.1. The molecule has 1 atom stereocenters. The monoisotopic (exact) mass is 274 g/mol. The van der Waals surface area contributed by atoms with Gasteiger partial charge in [0.15, 0.2) is 0 Å². The van der Waals surface area contributed by atoms with Crippen LogP contribution in [0.25, 0.3) is 0 Å². The lowest BCUT2D eigenvalue weighted by atomic mass is 9.87. The summed E-state index contributed by atoms with van der Waals surface area (Å²) in [5, 5.41) is 3.39. The largest absolute Gasteiger partial charge is 0.488 e. The molecule has 4 heteroatoms. The maximum absolute atomic E-state index is 5.98. The highest BCUT2D eigenvalue weighted by Crippen LogP contribution is 2.35. The third-order valence-corrected chi connectivity index (χ3v) is 4.42. The standard InChI is InChI=1S/C15H18N2OS/c1-16-14-6-2-5-13-12(14)4-3-7-15(13)18-9-11-8-17-10-19-11/h3-4,7-8,10,14,16H,2,5-6,9H2,1H3. The average Bonchev–Trinajstić information content (AvgIpc) is 2.97. The Kier molecular flexibility index (Phi) is 3.80.